The molecule has 0 aliphatic carbocycles. The smallest absolute Gasteiger partial charge is 0.242 e. The number of sulfonamides is 1. The fourth-order valence-electron chi connectivity index (χ4n) is 3.03. The standard InChI is InChI=1S/C23H26N2O6S/c1-25(2)32(27,28)19-11-13-22(30-4)20(15-19)24-23(26)14-10-18-9-12-21(31-18)16-5-7-17(29-3)8-6-16/h5-9,11-13,15H,10,14H2,1-4H3,(H,24,26). The molecule has 0 saturated heterocycles. The van der Waals surface area contributed by atoms with Crippen molar-refractivity contribution in [1.29, 1.82) is 0 Å². The zero-order chi connectivity index (χ0) is 23.3. The molecule has 9 heteroatoms. The minimum atomic E-state index is -3.64. The molecule has 3 rings (SSSR count). The van der Waals surface area contributed by atoms with E-state index < -0.39 is 10.0 Å². The first-order chi connectivity index (χ1) is 15.2. The van der Waals surface area contributed by atoms with Gasteiger partial charge in [-0.2, -0.15) is 0 Å². The van der Waals surface area contributed by atoms with Crippen LogP contribution in [0.4, 0.5) is 5.69 Å². The van der Waals surface area contributed by atoms with Crippen LogP contribution in [-0.2, 0) is 21.2 Å². The minimum Gasteiger partial charge on any atom is -0.497 e. The Morgan fingerprint density at radius 2 is 1.72 bits per heavy atom. The summed E-state index contributed by atoms with van der Waals surface area (Å²) < 4.78 is 42.1. The molecule has 32 heavy (non-hydrogen) atoms. The van der Waals surface area contributed by atoms with Gasteiger partial charge in [0.2, 0.25) is 15.9 Å². The highest BCUT2D eigenvalue weighted by Gasteiger charge is 2.20. The number of hydrogen-bond donors (Lipinski definition) is 1. The molecule has 0 spiro atoms. The van der Waals surface area contributed by atoms with E-state index in [1.807, 2.05) is 36.4 Å². The van der Waals surface area contributed by atoms with E-state index >= 15 is 0 Å². The number of aryl methyl sites for hydroxylation is 1. The third-order valence-corrected chi connectivity index (χ3v) is 6.67. The first-order valence-corrected chi connectivity index (χ1v) is 11.3. The molecule has 0 saturated carbocycles. The number of rotatable bonds is 9. The van der Waals surface area contributed by atoms with Gasteiger partial charge in [0.1, 0.15) is 23.0 Å². The number of benzene rings is 2. The molecule has 0 fully saturated rings. The first kappa shape index (κ1) is 23.4. The number of ether oxygens (including phenoxy) is 2. The van der Waals surface area contributed by atoms with Crippen molar-refractivity contribution >= 4 is 21.6 Å². The minimum absolute atomic E-state index is 0.0637. The summed E-state index contributed by atoms with van der Waals surface area (Å²) in [5, 5.41) is 2.73. The van der Waals surface area contributed by atoms with Crippen LogP contribution in [0.5, 0.6) is 11.5 Å². The zero-order valence-electron chi connectivity index (χ0n) is 18.4. The van der Waals surface area contributed by atoms with Gasteiger partial charge in [0.15, 0.2) is 0 Å². The van der Waals surface area contributed by atoms with E-state index in [1.54, 1.807) is 7.11 Å². The van der Waals surface area contributed by atoms with Gasteiger partial charge >= 0.3 is 0 Å². The predicted molar refractivity (Wildman–Crippen MR) is 122 cm³/mol. The molecule has 0 aliphatic heterocycles. The van der Waals surface area contributed by atoms with E-state index in [0.29, 0.717) is 29.4 Å². The summed E-state index contributed by atoms with van der Waals surface area (Å²) in [6, 6.07) is 15.5. The quantitative estimate of drug-likeness (QED) is 0.524. The Balaban J connectivity index is 1.67. The van der Waals surface area contributed by atoms with Crippen LogP contribution in [0, 0.1) is 0 Å². The second-order valence-corrected chi connectivity index (χ2v) is 9.34. The van der Waals surface area contributed by atoms with E-state index in [4.69, 9.17) is 13.9 Å². The molecule has 0 bridgehead atoms. The molecule has 0 radical (unpaired) electrons. The number of hydrogen-bond acceptors (Lipinski definition) is 6. The number of methoxy groups -OCH3 is 2. The second-order valence-electron chi connectivity index (χ2n) is 7.19. The van der Waals surface area contributed by atoms with Crippen LogP contribution in [-0.4, -0.2) is 46.9 Å². The molecule has 1 aromatic heterocycles. The highest BCUT2D eigenvalue weighted by molar-refractivity contribution is 7.89. The highest BCUT2D eigenvalue weighted by atomic mass is 32.2. The van der Waals surface area contributed by atoms with Gasteiger partial charge in [-0.3, -0.25) is 4.79 Å². The maximum atomic E-state index is 12.5. The van der Waals surface area contributed by atoms with Crippen molar-refractivity contribution in [1.82, 2.24) is 4.31 Å². The number of carbonyl (C=O) groups excluding carboxylic acids is 1. The van der Waals surface area contributed by atoms with Crippen molar-refractivity contribution in [3.8, 4) is 22.8 Å². The number of anilines is 1. The third kappa shape index (κ3) is 5.30. The number of nitrogens with one attached hydrogen (secondary N) is 1. The van der Waals surface area contributed by atoms with Gasteiger partial charge in [0.05, 0.1) is 24.8 Å². The lowest BCUT2D eigenvalue weighted by atomic mass is 10.2. The van der Waals surface area contributed by atoms with E-state index in [9.17, 15) is 13.2 Å². The zero-order valence-corrected chi connectivity index (χ0v) is 19.2. The first-order valence-electron chi connectivity index (χ1n) is 9.88. The Hall–Kier alpha value is -3.30. The van der Waals surface area contributed by atoms with Crippen LogP contribution in [0.25, 0.3) is 11.3 Å². The summed E-state index contributed by atoms with van der Waals surface area (Å²) in [4.78, 5) is 12.6. The molecule has 0 aliphatic rings. The fourth-order valence-corrected chi connectivity index (χ4v) is 3.96. The van der Waals surface area contributed by atoms with Crippen molar-refractivity contribution in [2.75, 3.05) is 33.6 Å². The van der Waals surface area contributed by atoms with Gasteiger partial charge in [-0.05, 0) is 54.6 Å². The Labute approximate surface area is 187 Å². The van der Waals surface area contributed by atoms with Crippen LogP contribution >= 0.6 is 0 Å². The van der Waals surface area contributed by atoms with Gasteiger partial charge in [-0.25, -0.2) is 12.7 Å². The van der Waals surface area contributed by atoms with Crippen LogP contribution in [0.3, 0.4) is 0 Å². The molecule has 1 heterocycles. The monoisotopic (exact) mass is 458 g/mol. The maximum Gasteiger partial charge on any atom is 0.242 e. The van der Waals surface area contributed by atoms with Gasteiger partial charge in [-0.15, -0.1) is 0 Å². The number of carbonyl (C=O) groups is 1. The van der Waals surface area contributed by atoms with Crippen molar-refractivity contribution in [2.24, 2.45) is 0 Å². The molecular weight excluding hydrogens is 432 g/mol. The SMILES string of the molecule is COc1ccc(-c2ccc(CCC(=O)Nc3cc(S(=O)(=O)N(C)C)ccc3OC)o2)cc1. The van der Waals surface area contributed by atoms with Crippen LogP contribution in [0.1, 0.15) is 12.2 Å². The van der Waals surface area contributed by atoms with E-state index in [0.717, 1.165) is 15.6 Å². The summed E-state index contributed by atoms with van der Waals surface area (Å²) in [6.07, 6.45) is 0.545. The van der Waals surface area contributed by atoms with Crippen LogP contribution in [0.2, 0.25) is 0 Å². The van der Waals surface area contributed by atoms with Crippen molar-refractivity contribution < 1.29 is 27.1 Å². The Kier molecular flexibility index (Phi) is 7.22. The lowest BCUT2D eigenvalue weighted by molar-refractivity contribution is -0.116. The Morgan fingerprint density at radius 1 is 1.00 bits per heavy atom. The summed E-state index contributed by atoms with van der Waals surface area (Å²) >= 11 is 0. The van der Waals surface area contributed by atoms with E-state index in [-0.39, 0.29) is 17.2 Å². The highest BCUT2D eigenvalue weighted by Crippen LogP contribution is 2.29. The summed E-state index contributed by atoms with van der Waals surface area (Å²) in [6.45, 7) is 0. The van der Waals surface area contributed by atoms with Crippen LogP contribution < -0.4 is 14.8 Å². The second kappa shape index (κ2) is 9.88. The molecule has 1 N–H and O–H groups in total. The molecule has 2 aromatic carbocycles. The van der Waals surface area contributed by atoms with Gasteiger partial charge in [-0.1, -0.05) is 0 Å². The largest absolute Gasteiger partial charge is 0.497 e. The lowest BCUT2D eigenvalue weighted by Crippen LogP contribution is -2.22. The van der Waals surface area contributed by atoms with Crippen molar-refractivity contribution in [3.63, 3.8) is 0 Å². The topological polar surface area (TPSA) is 98.1 Å². The molecular formula is C23H26N2O6S. The average molecular weight is 459 g/mol. The van der Waals surface area contributed by atoms with E-state index in [2.05, 4.69) is 5.32 Å². The summed E-state index contributed by atoms with van der Waals surface area (Å²) in [7, 11) is 2.31. The van der Waals surface area contributed by atoms with Gasteiger partial charge in [0.25, 0.3) is 0 Å². The average Bonchev–Trinajstić information content (AvgIpc) is 3.26. The fraction of sp³-hybridized carbons (Fsp3) is 0.261. The predicted octanol–water partition coefficient (Wildman–Crippen LogP) is 3.79. The number of furan rings is 1. The van der Waals surface area contributed by atoms with Crippen LogP contribution in [0.15, 0.2) is 63.9 Å². The molecule has 3 aromatic rings. The lowest BCUT2D eigenvalue weighted by Gasteiger charge is -2.15. The Morgan fingerprint density at radius 3 is 2.34 bits per heavy atom. The van der Waals surface area contributed by atoms with Crippen molar-refractivity contribution in [2.45, 2.75) is 17.7 Å². The molecule has 0 unspecified atom stereocenters. The van der Waals surface area contributed by atoms with Gasteiger partial charge in [0, 0.05) is 32.5 Å². The van der Waals surface area contributed by atoms with Crippen molar-refractivity contribution in [3.05, 3.63) is 60.4 Å². The molecule has 170 valence electrons. The normalized spacial score (nSPS) is 11.4. The number of amides is 1. The summed E-state index contributed by atoms with van der Waals surface area (Å²) in [5.41, 5.74) is 1.20. The Bertz CT molecular complexity index is 1180. The molecule has 1 amide bonds. The van der Waals surface area contributed by atoms with E-state index in [1.165, 1.54) is 39.4 Å². The summed E-state index contributed by atoms with van der Waals surface area (Å²) in [5.74, 6) is 2.21. The molecule has 8 nitrogen and oxygen atoms in total. The third-order valence-electron chi connectivity index (χ3n) is 4.86. The molecule has 0 atom stereocenters. The maximum absolute atomic E-state index is 12.5. The van der Waals surface area contributed by atoms with Gasteiger partial charge < -0.3 is 19.2 Å². The number of nitrogens with zero attached hydrogens (tertiary/aromatic N) is 1.